The van der Waals surface area contributed by atoms with Crippen molar-refractivity contribution in [1.82, 2.24) is 25.4 Å². The van der Waals surface area contributed by atoms with Crippen LogP contribution in [0, 0.1) is 0 Å². The van der Waals surface area contributed by atoms with Crippen molar-refractivity contribution < 1.29 is 4.52 Å². The molecule has 19 heavy (non-hydrogen) atoms. The number of para-hydroxylation sites is 2. The fourth-order valence-electron chi connectivity index (χ4n) is 1.80. The van der Waals surface area contributed by atoms with E-state index in [1.807, 2.05) is 24.3 Å². The highest BCUT2D eigenvalue weighted by molar-refractivity contribution is 5.73. The Kier molecular flexibility index (Phi) is 3.42. The molecule has 6 nitrogen and oxygen atoms in total. The molecule has 0 spiro atoms. The van der Waals surface area contributed by atoms with Crippen molar-refractivity contribution in [1.29, 1.82) is 0 Å². The first-order valence-electron chi connectivity index (χ1n) is 6.09. The van der Waals surface area contributed by atoms with Gasteiger partial charge in [-0.05, 0) is 12.1 Å². The van der Waals surface area contributed by atoms with Gasteiger partial charge in [0.2, 0.25) is 5.89 Å². The first kappa shape index (κ1) is 11.7. The van der Waals surface area contributed by atoms with Crippen molar-refractivity contribution in [2.75, 3.05) is 6.54 Å². The maximum atomic E-state index is 4.91. The second-order valence-corrected chi connectivity index (χ2v) is 4.11. The minimum absolute atomic E-state index is 0.636. The normalized spacial score (nSPS) is 10.9. The van der Waals surface area contributed by atoms with Crippen LogP contribution in [0.25, 0.3) is 11.0 Å². The highest BCUT2D eigenvalue weighted by Gasteiger charge is 2.01. The molecule has 0 bridgehead atoms. The molecule has 2 aromatic heterocycles. The Morgan fingerprint density at radius 1 is 1.11 bits per heavy atom. The number of hydrogen-bond acceptors (Lipinski definition) is 6. The van der Waals surface area contributed by atoms with Crippen molar-refractivity contribution >= 4 is 11.0 Å². The molecule has 2 heterocycles. The van der Waals surface area contributed by atoms with Gasteiger partial charge in [0, 0.05) is 19.5 Å². The second kappa shape index (κ2) is 5.53. The SMILES string of the molecule is c1ccc2nc(CNCCc3ncno3)cnc2c1. The van der Waals surface area contributed by atoms with Gasteiger partial charge in [0.15, 0.2) is 6.33 Å². The van der Waals surface area contributed by atoms with Gasteiger partial charge in [-0.2, -0.15) is 4.98 Å². The Labute approximate surface area is 109 Å². The summed E-state index contributed by atoms with van der Waals surface area (Å²) in [5.41, 5.74) is 2.75. The van der Waals surface area contributed by atoms with Crippen molar-refractivity contribution in [2.45, 2.75) is 13.0 Å². The third kappa shape index (κ3) is 2.92. The number of hydrogen-bond donors (Lipinski definition) is 1. The van der Waals surface area contributed by atoms with Crippen LogP contribution in [0.3, 0.4) is 0 Å². The lowest BCUT2D eigenvalue weighted by Crippen LogP contribution is -2.17. The first-order valence-corrected chi connectivity index (χ1v) is 6.09. The molecule has 3 rings (SSSR count). The zero-order valence-corrected chi connectivity index (χ0v) is 10.3. The maximum Gasteiger partial charge on any atom is 0.227 e. The summed E-state index contributed by atoms with van der Waals surface area (Å²) in [7, 11) is 0. The summed E-state index contributed by atoms with van der Waals surface area (Å²) in [5.74, 6) is 0.636. The van der Waals surface area contributed by atoms with Gasteiger partial charge in [0.05, 0.1) is 22.9 Å². The number of rotatable bonds is 5. The molecule has 0 unspecified atom stereocenters. The number of nitrogens with zero attached hydrogens (tertiary/aromatic N) is 4. The molecule has 3 aromatic rings. The highest BCUT2D eigenvalue weighted by atomic mass is 16.5. The Morgan fingerprint density at radius 2 is 2.00 bits per heavy atom. The average Bonchev–Trinajstić information content (AvgIpc) is 2.97. The molecule has 96 valence electrons. The van der Waals surface area contributed by atoms with Crippen molar-refractivity contribution in [3.05, 3.63) is 48.4 Å². The van der Waals surface area contributed by atoms with Crippen LogP contribution in [0.15, 0.2) is 41.3 Å². The van der Waals surface area contributed by atoms with Crippen LogP contribution in [0.1, 0.15) is 11.6 Å². The fourth-order valence-corrected chi connectivity index (χ4v) is 1.80. The summed E-state index contributed by atoms with van der Waals surface area (Å²) in [6.07, 6.45) is 3.91. The lowest BCUT2D eigenvalue weighted by molar-refractivity contribution is 0.374. The summed E-state index contributed by atoms with van der Waals surface area (Å²) in [4.78, 5) is 12.9. The smallest absolute Gasteiger partial charge is 0.227 e. The lowest BCUT2D eigenvalue weighted by atomic mass is 10.3. The minimum atomic E-state index is 0.636. The standard InChI is InChI=1S/C13H13N5O/c1-2-4-12-11(3-1)15-8-10(18-12)7-14-6-5-13-16-9-17-19-13/h1-4,8-9,14H,5-7H2. The number of nitrogens with one attached hydrogen (secondary N) is 1. The molecule has 1 N–H and O–H groups in total. The molecule has 0 radical (unpaired) electrons. The molecule has 0 aliphatic rings. The Balaban J connectivity index is 1.56. The lowest BCUT2D eigenvalue weighted by Gasteiger charge is -2.03. The number of benzene rings is 1. The average molecular weight is 255 g/mol. The van der Waals surface area contributed by atoms with E-state index in [4.69, 9.17) is 4.52 Å². The Hall–Kier alpha value is -2.34. The molecular weight excluding hydrogens is 242 g/mol. The first-order chi connectivity index (χ1) is 9.42. The van der Waals surface area contributed by atoms with Gasteiger partial charge >= 0.3 is 0 Å². The molecule has 0 saturated carbocycles. The molecule has 6 heteroatoms. The van der Waals surface area contributed by atoms with E-state index < -0.39 is 0 Å². The van der Waals surface area contributed by atoms with E-state index >= 15 is 0 Å². The molecule has 0 fully saturated rings. The summed E-state index contributed by atoms with van der Waals surface area (Å²) >= 11 is 0. The van der Waals surface area contributed by atoms with E-state index in [-0.39, 0.29) is 0 Å². The van der Waals surface area contributed by atoms with Crippen molar-refractivity contribution in [3.8, 4) is 0 Å². The van der Waals surface area contributed by atoms with Crippen LogP contribution < -0.4 is 5.32 Å². The van der Waals surface area contributed by atoms with Gasteiger partial charge in [-0.25, -0.2) is 4.98 Å². The van der Waals surface area contributed by atoms with Gasteiger partial charge in [-0.3, -0.25) is 4.98 Å². The Bertz CT molecular complexity index is 653. The van der Waals surface area contributed by atoms with Gasteiger partial charge < -0.3 is 9.84 Å². The minimum Gasteiger partial charge on any atom is -0.340 e. The molecule has 1 aromatic carbocycles. The van der Waals surface area contributed by atoms with Crippen LogP contribution in [-0.4, -0.2) is 26.7 Å². The van der Waals surface area contributed by atoms with E-state index in [1.165, 1.54) is 6.33 Å². The van der Waals surface area contributed by atoms with E-state index in [0.717, 1.165) is 23.3 Å². The molecule has 0 atom stereocenters. The molecular formula is C13H13N5O. The van der Waals surface area contributed by atoms with Gasteiger partial charge in [0.25, 0.3) is 0 Å². The largest absolute Gasteiger partial charge is 0.340 e. The monoisotopic (exact) mass is 255 g/mol. The van der Waals surface area contributed by atoms with Crippen LogP contribution in [0.5, 0.6) is 0 Å². The van der Waals surface area contributed by atoms with Gasteiger partial charge in [0.1, 0.15) is 0 Å². The molecule has 0 aliphatic carbocycles. The zero-order valence-electron chi connectivity index (χ0n) is 10.3. The summed E-state index contributed by atoms with van der Waals surface area (Å²) in [6.45, 7) is 1.43. The Morgan fingerprint density at radius 3 is 2.84 bits per heavy atom. The second-order valence-electron chi connectivity index (χ2n) is 4.11. The van der Waals surface area contributed by atoms with Crippen LogP contribution in [-0.2, 0) is 13.0 Å². The predicted molar refractivity (Wildman–Crippen MR) is 69.2 cm³/mol. The van der Waals surface area contributed by atoms with E-state index in [0.29, 0.717) is 18.9 Å². The summed E-state index contributed by atoms with van der Waals surface area (Å²) in [6, 6.07) is 7.84. The van der Waals surface area contributed by atoms with Crippen molar-refractivity contribution in [3.63, 3.8) is 0 Å². The predicted octanol–water partition coefficient (Wildman–Crippen LogP) is 1.35. The number of aromatic nitrogens is 4. The van der Waals surface area contributed by atoms with E-state index in [9.17, 15) is 0 Å². The highest BCUT2D eigenvalue weighted by Crippen LogP contribution is 2.08. The molecule has 0 saturated heterocycles. The van der Waals surface area contributed by atoms with Gasteiger partial charge in [-0.1, -0.05) is 17.3 Å². The maximum absolute atomic E-state index is 4.91. The molecule has 0 aliphatic heterocycles. The number of fused-ring (bicyclic) bond motifs is 1. The van der Waals surface area contributed by atoms with Gasteiger partial charge in [-0.15, -0.1) is 0 Å². The third-order valence-corrected chi connectivity index (χ3v) is 2.73. The summed E-state index contributed by atoms with van der Waals surface area (Å²) in [5, 5.41) is 6.83. The van der Waals surface area contributed by atoms with Crippen LogP contribution >= 0.6 is 0 Å². The third-order valence-electron chi connectivity index (χ3n) is 2.73. The summed E-state index contributed by atoms with van der Waals surface area (Å²) < 4.78 is 4.91. The van der Waals surface area contributed by atoms with Crippen LogP contribution in [0.4, 0.5) is 0 Å². The van der Waals surface area contributed by atoms with E-state index in [2.05, 4.69) is 25.4 Å². The van der Waals surface area contributed by atoms with Crippen molar-refractivity contribution in [2.24, 2.45) is 0 Å². The fraction of sp³-hybridized carbons (Fsp3) is 0.231. The zero-order chi connectivity index (χ0) is 12.9. The van der Waals surface area contributed by atoms with Crippen LogP contribution in [0.2, 0.25) is 0 Å². The van der Waals surface area contributed by atoms with E-state index in [1.54, 1.807) is 6.20 Å². The molecule has 0 amide bonds. The quantitative estimate of drug-likeness (QED) is 0.693. The topological polar surface area (TPSA) is 76.7 Å².